The second kappa shape index (κ2) is 8.80. The van der Waals surface area contributed by atoms with E-state index in [1.165, 1.54) is 0 Å². The van der Waals surface area contributed by atoms with Gasteiger partial charge in [0, 0.05) is 37.7 Å². The van der Waals surface area contributed by atoms with Gasteiger partial charge in [0.1, 0.15) is 0 Å². The second-order valence-corrected chi connectivity index (χ2v) is 7.79. The van der Waals surface area contributed by atoms with Crippen LogP contribution in [0.4, 0.5) is 5.69 Å². The summed E-state index contributed by atoms with van der Waals surface area (Å²) in [5.74, 6) is 0.408. The number of hydrogen-bond acceptors (Lipinski definition) is 5. The van der Waals surface area contributed by atoms with Crippen molar-refractivity contribution in [3.05, 3.63) is 39.9 Å². The highest BCUT2D eigenvalue weighted by molar-refractivity contribution is 5.79. The number of rotatable bonds is 5. The van der Waals surface area contributed by atoms with Gasteiger partial charge in [-0.2, -0.15) is 0 Å². The molecule has 3 rings (SSSR count). The maximum absolute atomic E-state index is 12.8. The molecule has 7 heteroatoms. The van der Waals surface area contributed by atoms with E-state index in [9.17, 15) is 14.9 Å². The number of nitro benzene ring substituents is 1. The predicted octanol–water partition coefficient (Wildman–Crippen LogP) is 2.49. The Labute approximate surface area is 160 Å². The first-order chi connectivity index (χ1) is 12.9. The summed E-state index contributed by atoms with van der Waals surface area (Å²) < 4.78 is 5.73. The molecule has 27 heavy (non-hydrogen) atoms. The molecule has 2 atom stereocenters. The maximum Gasteiger partial charge on any atom is 0.269 e. The Balaban J connectivity index is 1.43. The second-order valence-electron chi connectivity index (χ2n) is 7.79. The molecule has 148 valence electrons. The predicted molar refractivity (Wildman–Crippen MR) is 103 cm³/mol. The van der Waals surface area contributed by atoms with Gasteiger partial charge in [0.25, 0.3) is 5.69 Å². The largest absolute Gasteiger partial charge is 0.372 e. The number of morpholine rings is 1. The van der Waals surface area contributed by atoms with Gasteiger partial charge in [-0.15, -0.1) is 0 Å². The minimum atomic E-state index is -0.373. The van der Waals surface area contributed by atoms with Gasteiger partial charge < -0.3 is 14.5 Å². The topological polar surface area (TPSA) is 75.9 Å². The van der Waals surface area contributed by atoms with E-state index >= 15 is 0 Å². The highest BCUT2D eigenvalue weighted by Crippen LogP contribution is 2.22. The van der Waals surface area contributed by atoms with Crippen LogP contribution in [0.1, 0.15) is 32.3 Å². The van der Waals surface area contributed by atoms with Gasteiger partial charge in [-0.1, -0.05) is 12.1 Å². The fourth-order valence-electron chi connectivity index (χ4n) is 4.09. The highest BCUT2D eigenvalue weighted by atomic mass is 16.6. The molecule has 0 aliphatic carbocycles. The molecule has 1 aromatic carbocycles. The molecule has 0 saturated carbocycles. The number of likely N-dealkylation sites (tertiary alicyclic amines) is 1. The Bertz CT molecular complexity index is 646. The Morgan fingerprint density at radius 3 is 2.30 bits per heavy atom. The molecule has 1 amide bonds. The van der Waals surface area contributed by atoms with E-state index in [0.29, 0.717) is 13.1 Å². The van der Waals surface area contributed by atoms with Crippen LogP contribution in [-0.2, 0) is 16.0 Å². The third-order valence-electron chi connectivity index (χ3n) is 5.53. The Hall–Kier alpha value is -1.99. The van der Waals surface area contributed by atoms with Crippen molar-refractivity contribution in [2.75, 3.05) is 32.7 Å². The summed E-state index contributed by atoms with van der Waals surface area (Å²) >= 11 is 0. The lowest BCUT2D eigenvalue weighted by Gasteiger charge is -2.39. The standard InChI is InChI=1S/C20H29N3O4/c1-15-13-22(14-16(2)27-15)20(24)18-8-11-21(12-9-18)10-7-17-3-5-19(6-4-17)23(25)26/h3-6,15-16,18H,7-14H2,1-2H3. The van der Waals surface area contributed by atoms with Crippen LogP contribution in [0, 0.1) is 16.0 Å². The lowest BCUT2D eigenvalue weighted by molar-refractivity contribution is -0.384. The normalized spacial score (nSPS) is 24.7. The fraction of sp³-hybridized carbons (Fsp3) is 0.650. The van der Waals surface area contributed by atoms with Crippen LogP contribution < -0.4 is 0 Å². The van der Waals surface area contributed by atoms with Gasteiger partial charge in [0.2, 0.25) is 5.91 Å². The molecule has 0 aromatic heterocycles. The lowest BCUT2D eigenvalue weighted by atomic mass is 9.94. The first-order valence-corrected chi connectivity index (χ1v) is 9.82. The van der Waals surface area contributed by atoms with E-state index in [2.05, 4.69) is 4.90 Å². The van der Waals surface area contributed by atoms with Crippen molar-refractivity contribution in [1.82, 2.24) is 9.80 Å². The number of amides is 1. The van der Waals surface area contributed by atoms with Gasteiger partial charge in [0.15, 0.2) is 0 Å². The van der Waals surface area contributed by atoms with E-state index in [1.807, 2.05) is 30.9 Å². The smallest absolute Gasteiger partial charge is 0.269 e. The van der Waals surface area contributed by atoms with Gasteiger partial charge in [-0.3, -0.25) is 14.9 Å². The number of carbonyl (C=O) groups is 1. The van der Waals surface area contributed by atoms with Gasteiger partial charge >= 0.3 is 0 Å². The number of non-ortho nitro benzene ring substituents is 1. The molecule has 0 N–H and O–H groups in total. The number of carbonyl (C=O) groups excluding carboxylic acids is 1. The third kappa shape index (κ3) is 5.26. The molecule has 2 saturated heterocycles. The average molecular weight is 375 g/mol. The number of nitrogens with zero attached hydrogens (tertiary/aromatic N) is 3. The van der Waals surface area contributed by atoms with Crippen LogP contribution in [0.15, 0.2) is 24.3 Å². The van der Waals surface area contributed by atoms with Crippen LogP contribution in [0.2, 0.25) is 0 Å². The number of piperidine rings is 1. The summed E-state index contributed by atoms with van der Waals surface area (Å²) in [6.07, 6.45) is 2.90. The van der Waals surface area contributed by atoms with Crippen LogP contribution in [0.25, 0.3) is 0 Å². The van der Waals surface area contributed by atoms with Crippen molar-refractivity contribution in [2.45, 2.75) is 45.3 Å². The van der Waals surface area contributed by atoms with Crippen molar-refractivity contribution in [2.24, 2.45) is 5.92 Å². The molecule has 2 heterocycles. The van der Waals surface area contributed by atoms with Gasteiger partial charge in [0.05, 0.1) is 17.1 Å². The Morgan fingerprint density at radius 2 is 1.74 bits per heavy atom. The minimum absolute atomic E-state index is 0.111. The molecule has 0 radical (unpaired) electrons. The van der Waals surface area contributed by atoms with E-state index < -0.39 is 0 Å². The van der Waals surface area contributed by atoms with Gasteiger partial charge in [-0.05, 0) is 51.8 Å². The van der Waals surface area contributed by atoms with Crippen molar-refractivity contribution >= 4 is 11.6 Å². The Morgan fingerprint density at radius 1 is 1.15 bits per heavy atom. The first-order valence-electron chi connectivity index (χ1n) is 9.82. The molecule has 2 fully saturated rings. The van der Waals surface area contributed by atoms with Gasteiger partial charge in [-0.25, -0.2) is 0 Å². The zero-order valence-electron chi connectivity index (χ0n) is 16.2. The SMILES string of the molecule is CC1CN(C(=O)C2CCN(CCc3ccc([N+](=O)[O-])cc3)CC2)CC(C)O1. The summed E-state index contributed by atoms with van der Waals surface area (Å²) in [7, 11) is 0. The quantitative estimate of drug-likeness (QED) is 0.584. The number of ether oxygens (including phenoxy) is 1. The van der Waals surface area contributed by atoms with Crippen LogP contribution in [-0.4, -0.2) is 65.6 Å². The fourth-order valence-corrected chi connectivity index (χ4v) is 4.09. The summed E-state index contributed by atoms with van der Waals surface area (Å²) in [5.41, 5.74) is 1.24. The number of hydrogen-bond donors (Lipinski definition) is 0. The minimum Gasteiger partial charge on any atom is -0.372 e. The van der Waals surface area contributed by atoms with Crippen LogP contribution >= 0.6 is 0 Å². The zero-order chi connectivity index (χ0) is 19.4. The summed E-state index contributed by atoms with van der Waals surface area (Å²) in [4.78, 5) is 27.5. The molecule has 0 bridgehead atoms. The molecular weight excluding hydrogens is 346 g/mol. The van der Waals surface area contributed by atoms with Crippen molar-refractivity contribution in [3.63, 3.8) is 0 Å². The molecule has 2 aliphatic heterocycles. The zero-order valence-corrected chi connectivity index (χ0v) is 16.2. The summed E-state index contributed by atoms with van der Waals surface area (Å²) in [5, 5.41) is 10.7. The van der Waals surface area contributed by atoms with Crippen molar-refractivity contribution < 1.29 is 14.5 Å². The monoisotopic (exact) mass is 375 g/mol. The van der Waals surface area contributed by atoms with E-state index in [-0.39, 0.29) is 34.6 Å². The summed E-state index contributed by atoms with van der Waals surface area (Å²) in [6.45, 7) is 8.22. The molecule has 1 aromatic rings. The molecule has 2 unspecified atom stereocenters. The van der Waals surface area contributed by atoms with Crippen molar-refractivity contribution in [3.8, 4) is 0 Å². The Kier molecular flexibility index (Phi) is 6.44. The molecule has 0 spiro atoms. The average Bonchev–Trinajstić information content (AvgIpc) is 2.66. The van der Waals surface area contributed by atoms with E-state index in [0.717, 1.165) is 44.5 Å². The highest BCUT2D eigenvalue weighted by Gasteiger charge is 2.32. The summed E-state index contributed by atoms with van der Waals surface area (Å²) in [6, 6.07) is 6.78. The first kappa shape index (κ1) is 19.8. The lowest BCUT2D eigenvalue weighted by Crippen LogP contribution is -2.51. The molecular formula is C20H29N3O4. The van der Waals surface area contributed by atoms with Crippen LogP contribution in [0.5, 0.6) is 0 Å². The van der Waals surface area contributed by atoms with Crippen LogP contribution in [0.3, 0.4) is 0 Å². The van der Waals surface area contributed by atoms with E-state index in [4.69, 9.17) is 4.74 Å². The maximum atomic E-state index is 12.8. The van der Waals surface area contributed by atoms with E-state index in [1.54, 1.807) is 12.1 Å². The van der Waals surface area contributed by atoms with Crippen molar-refractivity contribution in [1.29, 1.82) is 0 Å². The molecule has 7 nitrogen and oxygen atoms in total. The molecule has 2 aliphatic rings. The number of benzene rings is 1. The third-order valence-corrected chi connectivity index (χ3v) is 5.53. The number of nitro groups is 1.